The number of hydrogen-bond acceptors (Lipinski definition) is 4. The van der Waals surface area contributed by atoms with E-state index in [1.807, 2.05) is 42.6 Å². The zero-order valence-corrected chi connectivity index (χ0v) is 13.3. The summed E-state index contributed by atoms with van der Waals surface area (Å²) in [4.78, 5) is 28.6. The molecule has 3 aromatic rings. The lowest BCUT2D eigenvalue weighted by Crippen LogP contribution is -2.25. The highest BCUT2D eigenvalue weighted by molar-refractivity contribution is 7.09. The van der Waals surface area contributed by atoms with Crippen LogP contribution in [0.5, 0.6) is 0 Å². The third kappa shape index (κ3) is 3.54. The van der Waals surface area contributed by atoms with Crippen LogP contribution in [0.15, 0.2) is 58.8 Å². The van der Waals surface area contributed by atoms with Gasteiger partial charge in [-0.3, -0.25) is 14.2 Å². The zero-order valence-electron chi connectivity index (χ0n) is 12.5. The van der Waals surface area contributed by atoms with Gasteiger partial charge in [0.05, 0.1) is 12.1 Å². The van der Waals surface area contributed by atoms with Gasteiger partial charge in [0, 0.05) is 29.0 Å². The molecule has 0 aliphatic rings. The monoisotopic (exact) mass is 325 g/mol. The minimum atomic E-state index is -0.234. The van der Waals surface area contributed by atoms with Gasteiger partial charge >= 0.3 is 0 Å². The fourth-order valence-corrected chi connectivity index (χ4v) is 2.87. The number of rotatable bonds is 4. The average molecular weight is 325 g/mol. The summed E-state index contributed by atoms with van der Waals surface area (Å²) in [5.74, 6) is -0.234. The molecule has 0 aliphatic carbocycles. The number of aryl methyl sites for hydroxylation is 1. The summed E-state index contributed by atoms with van der Waals surface area (Å²) in [7, 11) is 0. The number of nitrogens with one attached hydrogen (secondary N) is 1. The van der Waals surface area contributed by atoms with Crippen LogP contribution in [0.2, 0.25) is 0 Å². The first-order valence-corrected chi connectivity index (χ1v) is 7.99. The van der Waals surface area contributed by atoms with E-state index in [9.17, 15) is 9.59 Å². The normalized spacial score (nSPS) is 10.5. The number of benzene rings is 1. The number of carbonyl (C=O) groups excluding carboxylic acids is 1. The SMILES string of the molecule is Cc1csc(CNC(=O)c2ccc(=O)n(-c3ccccc3)c2)n1. The molecular weight excluding hydrogens is 310 g/mol. The molecule has 5 nitrogen and oxygen atoms in total. The quantitative estimate of drug-likeness (QED) is 0.802. The summed E-state index contributed by atoms with van der Waals surface area (Å²) < 4.78 is 1.46. The van der Waals surface area contributed by atoms with Crippen molar-refractivity contribution < 1.29 is 4.79 Å². The van der Waals surface area contributed by atoms with Crippen LogP contribution in [0.3, 0.4) is 0 Å². The van der Waals surface area contributed by atoms with Gasteiger partial charge in [-0.15, -0.1) is 11.3 Å². The second-order valence-electron chi connectivity index (χ2n) is 5.03. The van der Waals surface area contributed by atoms with E-state index < -0.39 is 0 Å². The second-order valence-corrected chi connectivity index (χ2v) is 5.97. The fourth-order valence-electron chi connectivity index (χ4n) is 2.15. The molecule has 0 atom stereocenters. The Balaban J connectivity index is 1.80. The molecule has 1 N–H and O–H groups in total. The summed E-state index contributed by atoms with van der Waals surface area (Å²) in [6.07, 6.45) is 1.56. The third-order valence-corrected chi connectivity index (χ3v) is 4.24. The van der Waals surface area contributed by atoms with E-state index in [0.717, 1.165) is 16.4 Å². The maximum absolute atomic E-state index is 12.3. The Labute approximate surface area is 137 Å². The number of carbonyl (C=O) groups is 1. The van der Waals surface area contributed by atoms with Crippen molar-refractivity contribution in [3.8, 4) is 5.69 Å². The average Bonchev–Trinajstić information content (AvgIpc) is 2.99. The van der Waals surface area contributed by atoms with E-state index >= 15 is 0 Å². The van der Waals surface area contributed by atoms with Crippen molar-refractivity contribution in [2.75, 3.05) is 0 Å². The molecule has 0 fully saturated rings. The molecule has 0 bridgehead atoms. The topological polar surface area (TPSA) is 64.0 Å². The van der Waals surface area contributed by atoms with Crippen LogP contribution >= 0.6 is 11.3 Å². The molecule has 0 radical (unpaired) electrons. The molecule has 0 aliphatic heterocycles. The third-order valence-electron chi connectivity index (χ3n) is 3.27. The van der Waals surface area contributed by atoms with Crippen LogP contribution in [0.25, 0.3) is 5.69 Å². The Hall–Kier alpha value is -2.73. The molecule has 2 aromatic heterocycles. The van der Waals surface area contributed by atoms with Crippen molar-refractivity contribution in [3.05, 3.63) is 80.7 Å². The molecule has 0 spiro atoms. The zero-order chi connectivity index (χ0) is 16.2. The maximum Gasteiger partial charge on any atom is 0.255 e. The molecule has 0 saturated heterocycles. The van der Waals surface area contributed by atoms with Gasteiger partial charge in [0.15, 0.2) is 0 Å². The number of nitrogens with zero attached hydrogens (tertiary/aromatic N) is 2. The highest BCUT2D eigenvalue weighted by atomic mass is 32.1. The molecule has 2 heterocycles. The summed E-state index contributed by atoms with van der Waals surface area (Å²) in [6, 6.07) is 12.1. The van der Waals surface area contributed by atoms with Crippen molar-refractivity contribution in [3.63, 3.8) is 0 Å². The highest BCUT2D eigenvalue weighted by Crippen LogP contribution is 2.09. The number of pyridine rings is 1. The number of aromatic nitrogens is 2. The van der Waals surface area contributed by atoms with Crippen LogP contribution in [0, 0.1) is 6.92 Å². The van der Waals surface area contributed by atoms with Crippen LogP contribution in [-0.2, 0) is 6.54 Å². The van der Waals surface area contributed by atoms with Gasteiger partial charge in [0.25, 0.3) is 11.5 Å². The maximum atomic E-state index is 12.3. The van der Waals surface area contributed by atoms with E-state index in [4.69, 9.17) is 0 Å². The van der Waals surface area contributed by atoms with Crippen molar-refractivity contribution in [2.24, 2.45) is 0 Å². The summed E-state index contributed by atoms with van der Waals surface area (Å²) in [5, 5.41) is 5.62. The Morgan fingerprint density at radius 2 is 2.00 bits per heavy atom. The lowest BCUT2D eigenvalue weighted by Gasteiger charge is -2.08. The first kappa shape index (κ1) is 15.2. The summed E-state index contributed by atoms with van der Waals surface area (Å²) in [5.41, 5.74) is 1.92. The lowest BCUT2D eigenvalue weighted by molar-refractivity contribution is 0.0950. The molecule has 6 heteroatoms. The molecule has 0 saturated carbocycles. The first-order valence-electron chi connectivity index (χ1n) is 7.11. The smallest absolute Gasteiger partial charge is 0.255 e. The van der Waals surface area contributed by atoms with Gasteiger partial charge in [0.1, 0.15) is 5.01 Å². The van der Waals surface area contributed by atoms with Gasteiger partial charge in [-0.05, 0) is 25.1 Å². The molecule has 0 unspecified atom stereocenters. The van der Waals surface area contributed by atoms with Crippen LogP contribution in [0.1, 0.15) is 21.1 Å². The largest absolute Gasteiger partial charge is 0.345 e. The molecule has 1 aromatic carbocycles. The van der Waals surface area contributed by atoms with Gasteiger partial charge in [-0.2, -0.15) is 0 Å². The Morgan fingerprint density at radius 3 is 2.70 bits per heavy atom. The van der Waals surface area contributed by atoms with E-state index in [-0.39, 0.29) is 11.5 Å². The van der Waals surface area contributed by atoms with E-state index in [1.54, 1.807) is 6.20 Å². The van der Waals surface area contributed by atoms with Gasteiger partial charge in [-0.25, -0.2) is 4.98 Å². The first-order chi connectivity index (χ1) is 11.1. The number of amides is 1. The Bertz CT molecular complexity index is 884. The Kier molecular flexibility index (Phi) is 4.34. The molecule has 116 valence electrons. The minimum Gasteiger partial charge on any atom is -0.345 e. The van der Waals surface area contributed by atoms with Crippen LogP contribution < -0.4 is 10.9 Å². The molecule has 1 amide bonds. The van der Waals surface area contributed by atoms with Gasteiger partial charge in [-0.1, -0.05) is 18.2 Å². The van der Waals surface area contributed by atoms with Gasteiger partial charge < -0.3 is 5.32 Å². The number of hydrogen-bond donors (Lipinski definition) is 1. The molecule has 3 rings (SSSR count). The molecule has 23 heavy (non-hydrogen) atoms. The number of para-hydroxylation sites is 1. The number of thiazole rings is 1. The highest BCUT2D eigenvalue weighted by Gasteiger charge is 2.09. The van der Waals surface area contributed by atoms with E-state index in [0.29, 0.717) is 12.1 Å². The Morgan fingerprint density at radius 1 is 1.22 bits per heavy atom. The fraction of sp³-hybridized carbons (Fsp3) is 0.118. The van der Waals surface area contributed by atoms with Crippen LogP contribution in [0.4, 0.5) is 0 Å². The van der Waals surface area contributed by atoms with Gasteiger partial charge in [0.2, 0.25) is 0 Å². The summed E-state index contributed by atoms with van der Waals surface area (Å²) >= 11 is 1.51. The lowest BCUT2D eigenvalue weighted by atomic mass is 10.2. The minimum absolute atomic E-state index is 0.178. The predicted molar refractivity (Wildman–Crippen MR) is 90.1 cm³/mol. The van der Waals surface area contributed by atoms with Crippen molar-refractivity contribution in [2.45, 2.75) is 13.5 Å². The van der Waals surface area contributed by atoms with E-state index in [1.165, 1.54) is 28.0 Å². The van der Waals surface area contributed by atoms with Crippen molar-refractivity contribution in [1.29, 1.82) is 0 Å². The predicted octanol–water partition coefficient (Wildman–Crippen LogP) is 2.53. The summed E-state index contributed by atoms with van der Waals surface area (Å²) in [6.45, 7) is 2.29. The van der Waals surface area contributed by atoms with Crippen molar-refractivity contribution >= 4 is 17.2 Å². The molecular formula is C17H15N3O2S. The second kappa shape index (κ2) is 6.58. The standard InChI is InChI=1S/C17H15N3O2S/c1-12-11-23-15(19-12)9-18-17(22)13-7-8-16(21)20(10-13)14-5-3-2-4-6-14/h2-8,10-11H,9H2,1H3,(H,18,22). The van der Waals surface area contributed by atoms with Crippen molar-refractivity contribution in [1.82, 2.24) is 14.9 Å². The van der Waals surface area contributed by atoms with Crippen LogP contribution in [-0.4, -0.2) is 15.5 Å². The van der Waals surface area contributed by atoms with E-state index in [2.05, 4.69) is 10.3 Å².